The number of hydrogen-bond donors (Lipinski definition) is 0. The summed E-state index contributed by atoms with van der Waals surface area (Å²) in [5.41, 5.74) is 12.4. The van der Waals surface area contributed by atoms with Crippen LogP contribution in [-0.2, 0) is 7.05 Å². The molecule has 2 heterocycles. The number of aromatic nitrogens is 1. The van der Waals surface area contributed by atoms with Gasteiger partial charge < -0.3 is 4.42 Å². The van der Waals surface area contributed by atoms with E-state index in [1.165, 1.54) is 61.1 Å². The van der Waals surface area contributed by atoms with Gasteiger partial charge in [0.15, 0.2) is 5.69 Å². The highest BCUT2D eigenvalue weighted by atomic mass is 16.3. The molecule has 148 valence electrons. The molecule has 2 bridgehead atoms. The van der Waals surface area contributed by atoms with Crippen molar-refractivity contribution < 1.29 is 8.98 Å². The van der Waals surface area contributed by atoms with Crippen LogP contribution in [-0.4, -0.2) is 0 Å². The number of rotatable bonds is 1. The van der Waals surface area contributed by atoms with Crippen LogP contribution >= 0.6 is 0 Å². The fourth-order valence-electron chi connectivity index (χ4n) is 5.98. The average Bonchev–Trinajstić information content (AvgIpc) is 3.26. The Labute approximate surface area is 181 Å². The van der Waals surface area contributed by atoms with Crippen LogP contribution in [0.5, 0.6) is 0 Å². The van der Waals surface area contributed by atoms with Crippen molar-refractivity contribution >= 4 is 10.8 Å². The largest absolute Gasteiger partial charge is 0.471 e. The summed E-state index contributed by atoms with van der Waals surface area (Å²) < 4.78 is 7.98. The lowest BCUT2D eigenvalue weighted by Gasteiger charge is -2.39. The second-order valence-electron chi connectivity index (χ2n) is 8.91. The first-order valence-corrected chi connectivity index (χ1v) is 10.9. The van der Waals surface area contributed by atoms with Gasteiger partial charge in [-0.1, -0.05) is 42.5 Å². The van der Waals surface area contributed by atoms with Crippen molar-refractivity contribution in [1.29, 1.82) is 0 Å². The van der Waals surface area contributed by atoms with E-state index in [0.717, 1.165) is 0 Å². The van der Waals surface area contributed by atoms with Crippen LogP contribution in [0, 0.1) is 6.92 Å². The van der Waals surface area contributed by atoms with Gasteiger partial charge in [-0.15, -0.1) is 0 Å². The summed E-state index contributed by atoms with van der Waals surface area (Å²) in [6, 6.07) is 27.0. The van der Waals surface area contributed by atoms with E-state index in [4.69, 9.17) is 4.42 Å². The second kappa shape index (κ2) is 5.95. The van der Waals surface area contributed by atoms with Gasteiger partial charge in [-0.05, 0) is 59.0 Å². The van der Waals surface area contributed by atoms with Gasteiger partial charge in [0.25, 0.3) is 0 Å². The van der Waals surface area contributed by atoms with Crippen LogP contribution in [0.1, 0.15) is 50.9 Å². The van der Waals surface area contributed by atoms with Gasteiger partial charge >= 0.3 is 0 Å². The van der Waals surface area contributed by atoms with E-state index in [-0.39, 0.29) is 11.8 Å². The Kier molecular flexibility index (Phi) is 3.28. The molecular weight excluding hydrogens is 378 g/mol. The summed E-state index contributed by atoms with van der Waals surface area (Å²) in [6.07, 6.45) is 3.74. The molecule has 8 rings (SSSR count). The summed E-state index contributed by atoms with van der Waals surface area (Å²) in [7, 11) is 2.24. The van der Waals surface area contributed by atoms with Crippen LogP contribution in [0.25, 0.3) is 22.0 Å². The summed E-state index contributed by atoms with van der Waals surface area (Å²) in [5, 5.41) is 2.37. The molecule has 0 saturated carbocycles. The molecule has 0 radical (unpaired) electrons. The van der Waals surface area contributed by atoms with Crippen LogP contribution in [0.15, 0.2) is 89.7 Å². The van der Waals surface area contributed by atoms with E-state index < -0.39 is 0 Å². The van der Waals surface area contributed by atoms with Gasteiger partial charge in [-0.2, -0.15) is 4.57 Å². The third kappa shape index (κ3) is 2.14. The minimum Gasteiger partial charge on any atom is -0.471 e. The van der Waals surface area contributed by atoms with E-state index in [0.29, 0.717) is 0 Å². The van der Waals surface area contributed by atoms with Crippen molar-refractivity contribution in [2.24, 2.45) is 7.05 Å². The zero-order valence-electron chi connectivity index (χ0n) is 17.6. The fourth-order valence-corrected chi connectivity index (χ4v) is 5.98. The maximum atomic E-state index is 5.54. The Hall–Kier alpha value is -3.65. The second-order valence-corrected chi connectivity index (χ2v) is 8.91. The molecule has 2 aromatic heterocycles. The Balaban J connectivity index is 1.56. The van der Waals surface area contributed by atoms with E-state index in [9.17, 15) is 0 Å². The zero-order valence-corrected chi connectivity index (χ0v) is 17.6. The van der Waals surface area contributed by atoms with Crippen molar-refractivity contribution in [3.8, 4) is 11.3 Å². The third-order valence-electron chi connectivity index (χ3n) is 7.36. The van der Waals surface area contributed by atoms with Crippen LogP contribution in [0.3, 0.4) is 0 Å². The van der Waals surface area contributed by atoms with Gasteiger partial charge in [-0.3, -0.25) is 0 Å². The Morgan fingerprint density at radius 3 is 2.06 bits per heavy atom. The molecule has 2 nitrogen and oxygen atoms in total. The van der Waals surface area contributed by atoms with Crippen molar-refractivity contribution in [2.45, 2.75) is 18.8 Å². The van der Waals surface area contributed by atoms with Crippen LogP contribution in [0.4, 0.5) is 0 Å². The van der Waals surface area contributed by atoms with Crippen molar-refractivity contribution in [3.05, 3.63) is 124 Å². The maximum Gasteiger partial charge on any atom is 0.212 e. The molecule has 0 spiro atoms. The predicted octanol–water partition coefficient (Wildman–Crippen LogP) is 6.22. The number of hydrogen-bond acceptors (Lipinski definition) is 1. The fraction of sp³-hybridized carbons (Fsp3) is 0.138. The van der Waals surface area contributed by atoms with Gasteiger partial charge in [0.2, 0.25) is 5.69 Å². The van der Waals surface area contributed by atoms with E-state index in [1.54, 1.807) is 0 Å². The number of nitrogens with zero attached hydrogens (tertiary/aromatic N) is 1. The number of pyridine rings is 1. The lowest BCUT2D eigenvalue weighted by atomic mass is 9.62. The minimum absolute atomic E-state index is 0.236. The molecule has 3 aromatic carbocycles. The molecule has 0 aliphatic heterocycles. The first-order chi connectivity index (χ1) is 15.2. The molecule has 31 heavy (non-hydrogen) atoms. The summed E-state index contributed by atoms with van der Waals surface area (Å²) in [6.45, 7) is 2.20. The van der Waals surface area contributed by atoms with Crippen LogP contribution < -0.4 is 4.57 Å². The molecule has 2 heteroatoms. The molecule has 2 unspecified atom stereocenters. The Bertz CT molecular complexity index is 1520. The van der Waals surface area contributed by atoms with Crippen molar-refractivity contribution in [3.63, 3.8) is 0 Å². The Morgan fingerprint density at radius 1 is 0.677 bits per heavy atom. The Morgan fingerprint density at radius 2 is 1.32 bits per heavy atom. The van der Waals surface area contributed by atoms with Crippen LogP contribution in [0.2, 0.25) is 0 Å². The minimum atomic E-state index is 0.236. The molecule has 0 amide bonds. The monoisotopic (exact) mass is 400 g/mol. The highest BCUT2D eigenvalue weighted by molar-refractivity contribution is 5.85. The van der Waals surface area contributed by atoms with Gasteiger partial charge in [-0.25, -0.2) is 0 Å². The molecule has 3 aliphatic carbocycles. The van der Waals surface area contributed by atoms with E-state index in [1.807, 2.05) is 12.5 Å². The number of benzene rings is 3. The topological polar surface area (TPSA) is 17.0 Å². The maximum absolute atomic E-state index is 5.54. The molecule has 2 atom stereocenters. The molecular formula is C29H22NO+. The number of furan rings is 1. The highest BCUT2D eigenvalue weighted by Crippen LogP contribution is 2.55. The molecule has 0 saturated heterocycles. The van der Waals surface area contributed by atoms with Gasteiger partial charge in [0.05, 0.1) is 18.4 Å². The van der Waals surface area contributed by atoms with Gasteiger partial charge in [0.1, 0.15) is 7.05 Å². The molecule has 5 aromatic rings. The summed E-state index contributed by atoms with van der Waals surface area (Å²) in [5.74, 6) is 0.502. The summed E-state index contributed by atoms with van der Waals surface area (Å²) in [4.78, 5) is 0. The van der Waals surface area contributed by atoms with E-state index in [2.05, 4.69) is 91.3 Å². The number of aryl methyl sites for hydroxylation is 1. The zero-order chi connectivity index (χ0) is 20.7. The quantitative estimate of drug-likeness (QED) is 0.299. The first kappa shape index (κ1) is 17.1. The lowest BCUT2D eigenvalue weighted by molar-refractivity contribution is -0.669. The smallest absolute Gasteiger partial charge is 0.212 e. The normalized spacial score (nSPS) is 18.0. The molecule has 0 N–H and O–H groups in total. The van der Waals surface area contributed by atoms with Gasteiger partial charge in [0, 0.05) is 33.9 Å². The van der Waals surface area contributed by atoms with E-state index >= 15 is 0 Å². The third-order valence-corrected chi connectivity index (χ3v) is 7.36. The highest BCUT2D eigenvalue weighted by Gasteiger charge is 2.46. The SMILES string of the molecule is Cc1ccccc1-c1ccc2c([n+]1C)C1c3ccccc3C2c2cc3cocc3cc21. The standard InChI is InChI=1S/C29H22NO/c1-17-7-3-4-8-20(17)26-12-11-23-27-21-9-5-6-10-22(21)28(29(23)30(26)2)25-14-19-16-31-15-18(19)13-24(25)27/h3-16,27-28H,1-2H3/q+1. The average molecular weight is 401 g/mol. The predicted molar refractivity (Wildman–Crippen MR) is 122 cm³/mol. The first-order valence-electron chi connectivity index (χ1n) is 10.9. The van der Waals surface area contributed by atoms with Crippen molar-refractivity contribution in [2.75, 3.05) is 0 Å². The van der Waals surface area contributed by atoms with Crippen molar-refractivity contribution in [1.82, 2.24) is 0 Å². The summed E-state index contributed by atoms with van der Waals surface area (Å²) >= 11 is 0. The number of fused-ring (bicyclic) bond motifs is 1. The molecule has 3 aliphatic rings. The lowest BCUT2D eigenvalue weighted by Crippen LogP contribution is -2.44. The molecule has 0 fully saturated rings.